The number of rotatable bonds is 4. The zero-order chi connectivity index (χ0) is 13.2. The molecule has 2 N–H and O–H groups in total. The van der Waals surface area contributed by atoms with Gasteiger partial charge in [-0.1, -0.05) is 30.3 Å². The topological polar surface area (TPSA) is 29.3 Å². The van der Waals surface area contributed by atoms with E-state index in [1.165, 1.54) is 16.5 Å². The number of fused-ring (bicyclic) bond motifs is 1. The fraction of sp³-hybridized carbons (Fsp3) is 0.375. The normalized spacial score (nSPS) is 11.8. The lowest BCUT2D eigenvalue weighted by molar-refractivity contribution is 0.456. The molecule has 0 amide bonds. The molecular weight excluding hydrogens is 220 g/mol. The van der Waals surface area contributed by atoms with Gasteiger partial charge in [-0.2, -0.15) is 0 Å². The summed E-state index contributed by atoms with van der Waals surface area (Å²) in [5, 5.41) is 2.57. The summed E-state index contributed by atoms with van der Waals surface area (Å²) in [6.45, 7) is 5.18. The first-order valence-electron chi connectivity index (χ1n) is 6.47. The second kappa shape index (κ2) is 4.99. The molecule has 2 rings (SSSR count). The maximum absolute atomic E-state index is 5.69. The molecule has 0 aromatic heterocycles. The molecule has 0 saturated heterocycles. The van der Waals surface area contributed by atoms with Gasteiger partial charge in [0.2, 0.25) is 0 Å². The van der Waals surface area contributed by atoms with Crippen molar-refractivity contribution in [1.29, 1.82) is 0 Å². The van der Waals surface area contributed by atoms with Gasteiger partial charge in [-0.05, 0) is 49.7 Å². The van der Waals surface area contributed by atoms with Crippen molar-refractivity contribution >= 4 is 16.5 Å². The van der Waals surface area contributed by atoms with Gasteiger partial charge in [0.05, 0.1) is 0 Å². The first-order valence-corrected chi connectivity index (χ1v) is 6.47. The molecule has 2 aromatic rings. The largest absolute Gasteiger partial charge is 0.369 e. The van der Waals surface area contributed by atoms with Crippen LogP contribution in [0.3, 0.4) is 0 Å². The van der Waals surface area contributed by atoms with Gasteiger partial charge >= 0.3 is 0 Å². The molecule has 0 aliphatic heterocycles. The molecular formula is C16H22N2. The Morgan fingerprint density at radius 1 is 1.06 bits per heavy atom. The van der Waals surface area contributed by atoms with E-state index in [9.17, 15) is 0 Å². The van der Waals surface area contributed by atoms with Crippen LogP contribution in [0.5, 0.6) is 0 Å². The monoisotopic (exact) mass is 242 g/mol. The number of benzene rings is 2. The van der Waals surface area contributed by atoms with Crippen LogP contribution < -0.4 is 10.6 Å². The Morgan fingerprint density at radius 2 is 1.72 bits per heavy atom. The summed E-state index contributed by atoms with van der Waals surface area (Å²) in [5.41, 5.74) is 7.02. The lowest BCUT2D eigenvalue weighted by atomic mass is 9.97. The first kappa shape index (κ1) is 12.9. The highest BCUT2D eigenvalue weighted by Crippen LogP contribution is 2.27. The molecule has 0 spiro atoms. The lowest BCUT2D eigenvalue weighted by Crippen LogP contribution is -2.42. The summed E-state index contributed by atoms with van der Waals surface area (Å²) in [7, 11) is 2.14. The lowest BCUT2D eigenvalue weighted by Gasteiger charge is -2.37. The summed E-state index contributed by atoms with van der Waals surface area (Å²) >= 11 is 0. The van der Waals surface area contributed by atoms with Crippen LogP contribution in [0.1, 0.15) is 20.3 Å². The van der Waals surface area contributed by atoms with Gasteiger partial charge < -0.3 is 10.6 Å². The molecule has 0 unspecified atom stereocenters. The van der Waals surface area contributed by atoms with Gasteiger partial charge in [-0.25, -0.2) is 0 Å². The van der Waals surface area contributed by atoms with E-state index in [0.29, 0.717) is 6.54 Å². The van der Waals surface area contributed by atoms with Crippen LogP contribution in [0.4, 0.5) is 5.69 Å². The zero-order valence-electron chi connectivity index (χ0n) is 11.5. The van der Waals surface area contributed by atoms with Gasteiger partial charge in [0, 0.05) is 18.3 Å². The van der Waals surface area contributed by atoms with Crippen molar-refractivity contribution in [2.75, 3.05) is 18.5 Å². The van der Waals surface area contributed by atoms with E-state index in [1.807, 2.05) is 0 Å². The van der Waals surface area contributed by atoms with Crippen LogP contribution in [0.15, 0.2) is 42.5 Å². The van der Waals surface area contributed by atoms with Crippen molar-refractivity contribution in [3.05, 3.63) is 42.5 Å². The minimum Gasteiger partial charge on any atom is -0.369 e. The van der Waals surface area contributed by atoms with E-state index >= 15 is 0 Å². The predicted molar refractivity (Wildman–Crippen MR) is 80.1 cm³/mol. The summed E-state index contributed by atoms with van der Waals surface area (Å²) in [6.07, 6.45) is 0.982. The Hall–Kier alpha value is -1.54. The maximum Gasteiger partial charge on any atom is 0.0374 e. The molecule has 0 saturated carbocycles. The van der Waals surface area contributed by atoms with Crippen LogP contribution in [-0.2, 0) is 0 Å². The third kappa shape index (κ3) is 2.49. The van der Waals surface area contributed by atoms with Gasteiger partial charge in [-0.3, -0.25) is 0 Å². The van der Waals surface area contributed by atoms with E-state index in [4.69, 9.17) is 5.73 Å². The number of hydrogen-bond donors (Lipinski definition) is 1. The van der Waals surface area contributed by atoms with Crippen LogP contribution in [0, 0.1) is 0 Å². The Kier molecular flexibility index (Phi) is 3.58. The van der Waals surface area contributed by atoms with Crippen molar-refractivity contribution < 1.29 is 0 Å². The highest BCUT2D eigenvalue weighted by Gasteiger charge is 2.22. The first-order chi connectivity index (χ1) is 8.54. The van der Waals surface area contributed by atoms with E-state index in [1.54, 1.807) is 0 Å². The molecule has 0 aliphatic carbocycles. The van der Waals surface area contributed by atoms with E-state index in [0.717, 1.165) is 6.42 Å². The number of hydrogen-bond acceptors (Lipinski definition) is 2. The molecule has 2 nitrogen and oxygen atoms in total. The second-order valence-electron chi connectivity index (χ2n) is 5.44. The summed E-state index contributed by atoms with van der Waals surface area (Å²) in [5.74, 6) is 0. The predicted octanol–water partition coefficient (Wildman–Crippen LogP) is 3.40. The van der Waals surface area contributed by atoms with Gasteiger partial charge in [0.25, 0.3) is 0 Å². The molecule has 0 fully saturated rings. The van der Waals surface area contributed by atoms with Gasteiger partial charge in [0.15, 0.2) is 0 Å². The zero-order valence-corrected chi connectivity index (χ0v) is 11.5. The fourth-order valence-corrected chi connectivity index (χ4v) is 2.26. The summed E-state index contributed by atoms with van der Waals surface area (Å²) < 4.78 is 0. The number of nitrogens with two attached hydrogens (primary N) is 1. The third-order valence-corrected chi connectivity index (χ3v) is 3.78. The van der Waals surface area contributed by atoms with E-state index in [-0.39, 0.29) is 5.54 Å². The Bertz CT molecular complexity index is 531. The maximum atomic E-state index is 5.69. The van der Waals surface area contributed by atoms with E-state index in [2.05, 4.69) is 68.3 Å². The minimum absolute atomic E-state index is 0.0806. The highest BCUT2D eigenvalue weighted by molar-refractivity contribution is 5.85. The van der Waals surface area contributed by atoms with Crippen LogP contribution in [-0.4, -0.2) is 19.1 Å². The number of anilines is 1. The summed E-state index contributed by atoms with van der Waals surface area (Å²) in [6, 6.07) is 15.1. The Labute approximate surface area is 109 Å². The van der Waals surface area contributed by atoms with Crippen LogP contribution >= 0.6 is 0 Å². The number of nitrogens with zero attached hydrogens (tertiary/aromatic N) is 1. The molecule has 0 aliphatic rings. The molecule has 2 heteroatoms. The molecule has 18 heavy (non-hydrogen) atoms. The fourth-order valence-electron chi connectivity index (χ4n) is 2.26. The Balaban J connectivity index is 2.36. The molecule has 0 radical (unpaired) electrons. The molecule has 2 aromatic carbocycles. The standard InChI is InChI=1S/C16H22N2/c1-16(2,10-11-17)18(3)15-9-8-13-6-4-5-7-14(13)12-15/h4-9,12H,10-11,17H2,1-3H3. The SMILES string of the molecule is CN(c1ccc2ccccc2c1)C(C)(C)CCN. The average Bonchev–Trinajstić information content (AvgIpc) is 2.37. The van der Waals surface area contributed by atoms with Crippen molar-refractivity contribution in [2.24, 2.45) is 5.73 Å². The molecule has 0 heterocycles. The average molecular weight is 242 g/mol. The molecule has 0 atom stereocenters. The summed E-state index contributed by atoms with van der Waals surface area (Å²) in [4.78, 5) is 2.31. The minimum atomic E-state index is 0.0806. The highest BCUT2D eigenvalue weighted by atomic mass is 15.2. The third-order valence-electron chi connectivity index (χ3n) is 3.78. The second-order valence-corrected chi connectivity index (χ2v) is 5.44. The molecule has 0 bridgehead atoms. The molecule has 96 valence electrons. The van der Waals surface area contributed by atoms with Gasteiger partial charge in [0.1, 0.15) is 0 Å². The van der Waals surface area contributed by atoms with E-state index < -0.39 is 0 Å². The smallest absolute Gasteiger partial charge is 0.0374 e. The van der Waals surface area contributed by atoms with Crippen molar-refractivity contribution in [3.8, 4) is 0 Å². The van der Waals surface area contributed by atoms with Crippen molar-refractivity contribution in [2.45, 2.75) is 25.8 Å². The van der Waals surface area contributed by atoms with Crippen molar-refractivity contribution in [1.82, 2.24) is 0 Å². The Morgan fingerprint density at radius 3 is 2.39 bits per heavy atom. The van der Waals surface area contributed by atoms with Crippen LogP contribution in [0.2, 0.25) is 0 Å². The van der Waals surface area contributed by atoms with Gasteiger partial charge in [-0.15, -0.1) is 0 Å². The van der Waals surface area contributed by atoms with Crippen molar-refractivity contribution in [3.63, 3.8) is 0 Å². The van der Waals surface area contributed by atoms with Crippen LogP contribution in [0.25, 0.3) is 10.8 Å². The quantitative estimate of drug-likeness (QED) is 0.890.